The molecule has 2 rings (SSSR count). The van der Waals surface area contributed by atoms with E-state index in [9.17, 15) is 0 Å². The number of hydrogen-bond donors (Lipinski definition) is 2. The zero-order chi connectivity index (χ0) is 11.4. The topological polar surface area (TPSA) is 55.9 Å². The van der Waals surface area contributed by atoms with Crippen LogP contribution in [0.4, 0.5) is 5.95 Å². The predicted molar refractivity (Wildman–Crippen MR) is 67.6 cm³/mol. The van der Waals surface area contributed by atoms with Gasteiger partial charge in [-0.25, -0.2) is 4.98 Å². The SMILES string of the molecule is CCCn1c(NCCN)nc2ccccc21. The maximum absolute atomic E-state index is 5.50. The molecular weight excluding hydrogens is 200 g/mol. The van der Waals surface area contributed by atoms with Crippen LogP contribution in [0.2, 0.25) is 0 Å². The van der Waals surface area contributed by atoms with Gasteiger partial charge in [0.15, 0.2) is 0 Å². The number of imidazole rings is 1. The summed E-state index contributed by atoms with van der Waals surface area (Å²) in [6.45, 7) is 4.53. The summed E-state index contributed by atoms with van der Waals surface area (Å²) < 4.78 is 2.21. The predicted octanol–water partition coefficient (Wildman–Crippen LogP) is 1.82. The van der Waals surface area contributed by atoms with E-state index in [4.69, 9.17) is 5.73 Å². The number of fused-ring (bicyclic) bond motifs is 1. The second kappa shape index (κ2) is 4.99. The molecule has 0 aliphatic heterocycles. The lowest BCUT2D eigenvalue weighted by Gasteiger charge is -2.08. The summed E-state index contributed by atoms with van der Waals surface area (Å²) in [7, 11) is 0. The van der Waals surface area contributed by atoms with E-state index >= 15 is 0 Å². The van der Waals surface area contributed by atoms with Gasteiger partial charge in [-0.3, -0.25) is 0 Å². The van der Waals surface area contributed by atoms with Gasteiger partial charge in [-0.2, -0.15) is 0 Å². The second-order valence-corrected chi connectivity index (χ2v) is 3.79. The molecule has 16 heavy (non-hydrogen) atoms. The normalized spacial score (nSPS) is 10.9. The lowest BCUT2D eigenvalue weighted by Crippen LogP contribution is -2.16. The van der Waals surface area contributed by atoms with Crippen molar-refractivity contribution >= 4 is 17.0 Å². The third kappa shape index (κ3) is 2.02. The number of rotatable bonds is 5. The summed E-state index contributed by atoms with van der Waals surface area (Å²) in [6, 6.07) is 8.20. The lowest BCUT2D eigenvalue weighted by molar-refractivity contribution is 0.700. The van der Waals surface area contributed by atoms with Crippen LogP contribution in [0.3, 0.4) is 0 Å². The molecule has 3 N–H and O–H groups in total. The van der Waals surface area contributed by atoms with Crippen molar-refractivity contribution in [2.45, 2.75) is 19.9 Å². The minimum atomic E-state index is 0.620. The van der Waals surface area contributed by atoms with Crippen LogP contribution in [0.1, 0.15) is 13.3 Å². The smallest absolute Gasteiger partial charge is 0.203 e. The summed E-state index contributed by atoms with van der Waals surface area (Å²) in [5, 5.41) is 3.26. The first-order valence-electron chi connectivity index (χ1n) is 5.76. The standard InChI is InChI=1S/C12H18N4/c1-2-9-16-11-6-4-3-5-10(11)15-12(16)14-8-7-13/h3-6H,2,7-9,13H2,1H3,(H,14,15). The third-order valence-electron chi connectivity index (χ3n) is 2.53. The van der Waals surface area contributed by atoms with Crippen molar-refractivity contribution in [3.8, 4) is 0 Å². The van der Waals surface area contributed by atoms with Gasteiger partial charge in [0.25, 0.3) is 0 Å². The van der Waals surface area contributed by atoms with Gasteiger partial charge in [-0.05, 0) is 18.6 Å². The van der Waals surface area contributed by atoms with Gasteiger partial charge in [-0.1, -0.05) is 19.1 Å². The molecule has 4 heteroatoms. The minimum absolute atomic E-state index is 0.620. The highest BCUT2D eigenvalue weighted by Gasteiger charge is 2.08. The second-order valence-electron chi connectivity index (χ2n) is 3.79. The highest BCUT2D eigenvalue weighted by Crippen LogP contribution is 2.19. The van der Waals surface area contributed by atoms with Crippen LogP contribution in [0.25, 0.3) is 11.0 Å². The molecule has 0 fully saturated rings. The zero-order valence-electron chi connectivity index (χ0n) is 9.61. The number of nitrogens with zero attached hydrogens (tertiary/aromatic N) is 2. The van der Waals surface area contributed by atoms with Crippen LogP contribution >= 0.6 is 0 Å². The molecule has 1 aromatic carbocycles. The molecule has 0 unspecified atom stereocenters. The van der Waals surface area contributed by atoms with Gasteiger partial charge in [0.2, 0.25) is 5.95 Å². The molecule has 0 spiro atoms. The van der Waals surface area contributed by atoms with Gasteiger partial charge < -0.3 is 15.6 Å². The van der Waals surface area contributed by atoms with E-state index in [2.05, 4.69) is 27.9 Å². The Balaban J connectivity index is 2.41. The third-order valence-corrected chi connectivity index (χ3v) is 2.53. The molecule has 0 saturated heterocycles. The Morgan fingerprint density at radius 1 is 1.38 bits per heavy atom. The molecule has 86 valence electrons. The molecule has 1 heterocycles. The fourth-order valence-corrected chi connectivity index (χ4v) is 1.84. The van der Waals surface area contributed by atoms with E-state index in [1.54, 1.807) is 0 Å². The zero-order valence-corrected chi connectivity index (χ0v) is 9.61. The lowest BCUT2D eigenvalue weighted by atomic mass is 10.3. The fourth-order valence-electron chi connectivity index (χ4n) is 1.84. The van der Waals surface area contributed by atoms with Crippen LogP contribution in [0, 0.1) is 0 Å². The van der Waals surface area contributed by atoms with Crippen LogP contribution in [0.5, 0.6) is 0 Å². The summed E-state index contributed by atoms with van der Waals surface area (Å²) in [5.41, 5.74) is 7.72. The largest absolute Gasteiger partial charge is 0.354 e. The van der Waals surface area contributed by atoms with Crippen LogP contribution < -0.4 is 11.1 Å². The Morgan fingerprint density at radius 3 is 2.94 bits per heavy atom. The van der Waals surface area contributed by atoms with E-state index in [1.165, 1.54) is 5.52 Å². The quantitative estimate of drug-likeness (QED) is 0.804. The fraction of sp³-hybridized carbons (Fsp3) is 0.417. The molecule has 0 aliphatic carbocycles. The molecule has 0 amide bonds. The first-order valence-corrected chi connectivity index (χ1v) is 5.76. The van der Waals surface area contributed by atoms with Gasteiger partial charge in [-0.15, -0.1) is 0 Å². The molecule has 0 radical (unpaired) electrons. The van der Waals surface area contributed by atoms with Crippen molar-refractivity contribution in [2.75, 3.05) is 18.4 Å². The monoisotopic (exact) mass is 218 g/mol. The highest BCUT2D eigenvalue weighted by molar-refractivity contribution is 5.78. The number of benzene rings is 1. The van der Waals surface area contributed by atoms with Crippen molar-refractivity contribution in [3.63, 3.8) is 0 Å². The first-order chi connectivity index (χ1) is 7.86. The maximum atomic E-state index is 5.50. The van der Waals surface area contributed by atoms with Crippen molar-refractivity contribution < 1.29 is 0 Å². The van der Waals surface area contributed by atoms with E-state index in [0.717, 1.165) is 31.0 Å². The summed E-state index contributed by atoms with van der Waals surface area (Å²) in [5.74, 6) is 0.925. The summed E-state index contributed by atoms with van der Waals surface area (Å²) in [6.07, 6.45) is 1.09. The highest BCUT2D eigenvalue weighted by atomic mass is 15.2. The summed E-state index contributed by atoms with van der Waals surface area (Å²) in [4.78, 5) is 4.57. The van der Waals surface area contributed by atoms with Crippen LogP contribution in [0.15, 0.2) is 24.3 Å². The average molecular weight is 218 g/mol. The molecule has 4 nitrogen and oxygen atoms in total. The summed E-state index contributed by atoms with van der Waals surface area (Å²) >= 11 is 0. The first kappa shape index (κ1) is 11.0. The molecule has 0 bridgehead atoms. The van der Waals surface area contributed by atoms with Gasteiger partial charge in [0.1, 0.15) is 0 Å². The number of nitrogens with two attached hydrogens (primary N) is 1. The Hall–Kier alpha value is -1.55. The van der Waals surface area contributed by atoms with Crippen LogP contribution in [-0.2, 0) is 6.54 Å². The molecule has 0 atom stereocenters. The molecule has 0 aliphatic rings. The van der Waals surface area contributed by atoms with E-state index in [-0.39, 0.29) is 0 Å². The molecule has 2 aromatic rings. The number of aromatic nitrogens is 2. The van der Waals surface area contributed by atoms with Crippen molar-refractivity contribution in [1.82, 2.24) is 9.55 Å². The Bertz CT molecular complexity index is 461. The van der Waals surface area contributed by atoms with Crippen LogP contribution in [-0.4, -0.2) is 22.6 Å². The van der Waals surface area contributed by atoms with Crippen molar-refractivity contribution in [2.24, 2.45) is 5.73 Å². The number of hydrogen-bond acceptors (Lipinski definition) is 3. The van der Waals surface area contributed by atoms with Crippen molar-refractivity contribution in [3.05, 3.63) is 24.3 Å². The number of nitrogens with one attached hydrogen (secondary N) is 1. The van der Waals surface area contributed by atoms with Gasteiger partial charge in [0.05, 0.1) is 11.0 Å². The Morgan fingerprint density at radius 2 is 2.19 bits per heavy atom. The average Bonchev–Trinajstić information content (AvgIpc) is 2.66. The van der Waals surface area contributed by atoms with Crippen molar-refractivity contribution in [1.29, 1.82) is 0 Å². The van der Waals surface area contributed by atoms with E-state index in [0.29, 0.717) is 6.54 Å². The molecule has 1 aromatic heterocycles. The van der Waals surface area contributed by atoms with Gasteiger partial charge in [0, 0.05) is 19.6 Å². The number of aryl methyl sites for hydroxylation is 1. The van der Waals surface area contributed by atoms with Gasteiger partial charge >= 0.3 is 0 Å². The maximum Gasteiger partial charge on any atom is 0.203 e. The number of para-hydroxylation sites is 2. The number of anilines is 1. The Kier molecular flexibility index (Phi) is 3.41. The van der Waals surface area contributed by atoms with E-state index < -0.39 is 0 Å². The minimum Gasteiger partial charge on any atom is -0.354 e. The molecular formula is C12H18N4. The van der Waals surface area contributed by atoms with E-state index in [1.807, 2.05) is 18.2 Å². The molecule has 0 saturated carbocycles. The Labute approximate surface area is 95.5 Å².